The molecule has 3 heterocycles. The highest BCUT2D eigenvalue weighted by molar-refractivity contribution is 7.15. The van der Waals surface area contributed by atoms with Gasteiger partial charge in [0.1, 0.15) is 6.04 Å². The Labute approximate surface area is 172 Å². The molecule has 1 N–H and O–H groups in total. The van der Waals surface area contributed by atoms with Gasteiger partial charge in [0.25, 0.3) is 5.91 Å². The molecule has 5 nitrogen and oxygen atoms in total. The fourth-order valence-electron chi connectivity index (χ4n) is 3.48. The number of aromatic nitrogens is 1. The molecule has 1 aliphatic rings. The van der Waals surface area contributed by atoms with Crippen LogP contribution in [0.2, 0.25) is 0 Å². The van der Waals surface area contributed by atoms with Crippen molar-refractivity contribution in [1.29, 1.82) is 0 Å². The Morgan fingerprint density at radius 3 is 2.96 bits per heavy atom. The van der Waals surface area contributed by atoms with Crippen molar-refractivity contribution in [3.8, 4) is 0 Å². The van der Waals surface area contributed by atoms with Crippen LogP contribution in [0.25, 0.3) is 0 Å². The van der Waals surface area contributed by atoms with Gasteiger partial charge in [-0.1, -0.05) is 35.9 Å². The number of hydrogen-bond acceptors (Lipinski definition) is 5. The van der Waals surface area contributed by atoms with Crippen molar-refractivity contribution in [3.63, 3.8) is 0 Å². The van der Waals surface area contributed by atoms with Crippen molar-refractivity contribution in [2.45, 2.75) is 32.2 Å². The lowest BCUT2D eigenvalue weighted by Gasteiger charge is -2.22. The maximum Gasteiger partial charge on any atom is 0.264 e. The number of amides is 2. The Bertz CT molecular complexity index is 981. The molecule has 1 aliphatic heterocycles. The van der Waals surface area contributed by atoms with Crippen molar-refractivity contribution < 1.29 is 9.59 Å². The first-order valence-corrected chi connectivity index (χ1v) is 11.0. The molecule has 0 aliphatic carbocycles. The first-order valence-electron chi connectivity index (χ1n) is 9.26. The summed E-state index contributed by atoms with van der Waals surface area (Å²) in [5.74, 6) is -0.217. The molecule has 144 valence electrons. The number of anilines is 1. The lowest BCUT2D eigenvalue weighted by atomic mass is 10.1. The Morgan fingerprint density at radius 2 is 2.18 bits per heavy atom. The minimum absolute atomic E-state index is 0.0630. The third-order valence-corrected chi connectivity index (χ3v) is 6.56. The van der Waals surface area contributed by atoms with Gasteiger partial charge in [0.2, 0.25) is 5.91 Å². The van der Waals surface area contributed by atoms with Gasteiger partial charge in [-0.05, 0) is 36.8 Å². The quantitative estimate of drug-likeness (QED) is 0.679. The number of nitrogens with one attached hydrogen (secondary N) is 1. The van der Waals surface area contributed by atoms with Crippen LogP contribution in [-0.4, -0.2) is 34.3 Å². The molecule has 1 saturated heterocycles. The molecule has 0 bridgehead atoms. The summed E-state index contributed by atoms with van der Waals surface area (Å²) in [6.07, 6.45) is 4.13. The number of benzene rings is 1. The zero-order chi connectivity index (χ0) is 19.5. The van der Waals surface area contributed by atoms with Gasteiger partial charge >= 0.3 is 0 Å². The summed E-state index contributed by atoms with van der Waals surface area (Å²) in [7, 11) is 0. The van der Waals surface area contributed by atoms with Gasteiger partial charge < -0.3 is 10.2 Å². The van der Waals surface area contributed by atoms with Gasteiger partial charge in [-0.25, -0.2) is 4.98 Å². The largest absolute Gasteiger partial charge is 0.326 e. The number of aryl methyl sites for hydroxylation is 1. The number of carbonyl (C=O) groups is 2. The summed E-state index contributed by atoms with van der Waals surface area (Å²) in [5, 5.41) is 5.37. The van der Waals surface area contributed by atoms with Gasteiger partial charge in [-0.3, -0.25) is 9.59 Å². The molecule has 0 saturated carbocycles. The topological polar surface area (TPSA) is 62.3 Å². The van der Waals surface area contributed by atoms with Gasteiger partial charge in [0.15, 0.2) is 5.13 Å². The molecular weight excluding hydrogens is 390 g/mol. The smallest absolute Gasteiger partial charge is 0.264 e. The minimum Gasteiger partial charge on any atom is -0.326 e. The normalized spacial score (nSPS) is 16.3. The number of hydrogen-bond donors (Lipinski definition) is 1. The Kier molecular flexibility index (Phi) is 5.54. The fraction of sp³-hybridized carbons (Fsp3) is 0.286. The molecular formula is C21H21N3O2S2. The van der Waals surface area contributed by atoms with E-state index in [1.807, 2.05) is 23.7 Å². The summed E-state index contributed by atoms with van der Waals surface area (Å²) in [5.41, 5.74) is 2.46. The van der Waals surface area contributed by atoms with Gasteiger partial charge in [-0.2, -0.15) is 0 Å². The van der Waals surface area contributed by atoms with Crippen molar-refractivity contribution in [1.82, 2.24) is 9.88 Å². The second kappa shape index (κ2) is 8.24. The molecule has 4 rings (SSSR count). The monoisotopic (exact) mass is 411 g/mol. The van der Waals surface area contributed by atoms with Crippen LogP contribution in [-0.2, 0) is 11.2 Å². The van der Waals surface area contributed by atoms with Crippen molar-refractivity contribution in [2.75, 3.05) is 11.9 Å². The molecule has 2 amide bonds. The number of rotatable bonds is 5. The second-order valence-corrected chi connectivity index (χ2v) is 8.98. The number of thiazole rings is 1. The van der Waals surface area contributed by atoms with Crippen LogP contribution in [0.4, 0.5) is 5.13 Å². The Balaban J connectivity index is 1.41. The summed E-state index contributed by atoms with van der Waals surface area (Å²) in [4.78, 5) is 33.2. The predicted molar refractivity (Wildman–Crippen MR) is 113 cm³/mol. The van der Waals surface area contributed by atoms with Crippen molar-refractivity contribution in [3.05, 3.63) is 68.9 Å². The van der Waals surface area contributed by atoms with Gasteiger partial charge in [0.05, 0.1) is 4.88 Å². The fourth-order valence-corrected chi connectivity index (χ4v) is 5.01. The Hall–Kier alpha value is -2.51. The number of nitrogens with zero attached hydrogens (tertiary/aromatic N) is 2. The molecule has 0 spiro atoms. The van der Waals surface area contributed by atoms with Crippen LogP contribution in [0, 0.1) is 6.92 Å². The summed E-state index contributed by atoms with van der Waals surface area (Å²) >= 11 is 2.89. The van der Waals surface area contributed by atoms with E-state index in [9.17, 15) is 9.59 Å². The Morgan fingerprint density at radius 1 is 1.29 bits per heavy atom. The maximum atomic E-state index is 12.8. The number of likely N-dealkylation sites (tertiary alicyclic amines) is 1. The number of carbonyl (C=O) groups excluding carboxylic acids is 2. The molecule has 1 unspecified atom stereocenters. The average Bonchev–Trinajstić information content (AvgIpc) is 3.43. The molecule has 1 fully saturated rings. The second-order valence-electron chi connectivity index (χ2n) is 6.92. The first-order chi connectivity index (χ1) is 13.6. The van der Waals surface area contributed by atoms with E-state index in [1.165, 1.54) is 33.8 Å². The minimum atomic E-state index is -0.432. The third-order valence-electron chi connectivity index (χ3n) is 4.79. The summed E-state index contributed by atoms with van der Waals surface area (Å²) < 4.78 is 0. The highest BCUT2D eigenvalue weighted by Crippen LogP contribution is 2.25. The maximum absolute atomic E-state index is 12.8. The summed E-state index contributed by atoms with van der Waals surface area (Å²) in [6, 6.07) is 11.6. The van der Waals surface area contributed by atoms with E-state index in [4.69, 9.17) is 0 Å². The highest BCUT2D eigenvalue weighted by Gasteiger charge is 2.35. The van der Waals surface area contributed by atoms with E-state index in [2.05, 4.69) is 35.4 Å². The SMILES string of the molecule is Cc1cccc(Cc2cnc(NC(=O)C3CCCN3C(=O)c3cccs3)s2)c1. The van der Waals surface area contributed by atoms with Gasteiger partial charge in [-0.15, -0.1) is 22.7 Å². The van der Waals surface area contributed by atoms with Crippen molar-refractivity contribution in [2.24, 2.45) is 0 Å². The van der Waals surface area contributed by atoms with Crippen LogP contribution in [0.3, 0.4) is 0 Å². The lowest BCUT2D eigenvalue weighted by molar-refractivity contribution is -0.119. The van der Waals surface area contributed by atoms with E-state index in [0.717, 1.165) is 17.7 Å². The third kappa shape index (κ3) is 4.15. The summed E-state index contributed by atoms with van der Waals surface area (Å²) in [6.45, 7) is 2.69. The average molecular weight is 412 g/mol. The van der Waals surface area contributed by atoms with Gasteiger partial charge in [0, 0.05) is 24.0 Å². The van der Waals surface area contributed by atoms with E-state index in [0.29, 0.717) is 23.0 Å². The molecule has 28 heavy (non-hydrogen) atoms. The molecule has 1 aromatic carbocycles. The molecule has 3 aromatic rings. The molecule has 2 aromatic heterocycles. The zero-order valence-corrected chi connectivity index (χ0v) is 17.2. The van der Waals surface area contributed by atoms with Crippen LogP contribution >= 0.6 is 22.7 Å². The van der Waals surface area contributed by atoms with E-state index < -0.39 is 6.04 Å². The van der Waals surface area contributed by atoms with Crippen LogP contribution in [0.15, 0.2) is 48.0 Å². The molecule has 1 atom stereocenters. The van der Waals surface area contributed by atoms with E-state index >= 15 is 0 Å². The number of thiophene rings is 1. The van der Waals surface area contributed by atoms with Crippen LogP contribution in [0.5, 0.6) is 0 Å². The standard InChI is InChI=1S/C21H21N3O2S2/c1-14-5-2-6-15(11-14)12-16-13-22-21(28-16)23-19(25)17-7-3-9-24(17)20(26)18-8-4-10-27-18/h2,4-6,8,10-11,13,17H,3,7,9,12H2,1H3,(H,22,23,25). The first kappa shape index (κ1) is 18.8. The highest BCUT2D eigenvalue weighted by atomic mass is 32.1. The predicted octanol–water partition coefficient (Wildman–Crippen LogP) is 4.35. The van der Waals surface area contributed by atoms with E-state index in [1.54, 1.807) is 11.0 Å². The molecule has 0 radical (unpaired) electrons. The zero-order valence-electron chi connectivity index (χ0n) is 15.6. The van der Waals surface area contributed by atoms with Crippen LogP contribution in [0.1, 0.15) is 38.5 Å². The van der Waals surface area contributed by atoms with Crippen LogP contribution < -0.4 is 5.32 Å². The van der Waals surface area contributed by atoms with E-state index in [-0.39, 0.29) is 11.8 Å². The lowest BCUT2D eigenvalue weighted by Crippen LogP contribution is -2.42. The molecule has 7 heteroatoms. The van der Waals surface area contributed by atoms with Crippen molar-refractivity contribution >= 4 is 39.6 Å².